The molecule has 1 aliphatic rings. The maximum absolute atomic E-state index is 11.8. The largest absolute Gasteiger partial charge is 0.345 e. The number of nitrogens with one attached hydrogen (secondary N) is 3. The zero-order chi connectivity index (χ0) is 12.4. The highest BCUT2D eigenvalue weighted by atomic mass is 16.2. The lowest BCUT2D eigenvalue weighted by Gasteiger charge is -2.27. The molecule has 6 nitrogen and oxygen atoms in total. The quantitative estimate of drug-likeness (QED) is 0.630. The van der Waals surface area contributed by atoms with Crippen molar-refractivity contribution in [3.63, 3.8) is 0 Å². The highest BCUT2D eigenvalue weighted by molar-refractivity contribution is 6.07. The molecule has 2 amide bonds. The second-order valence-electron chi connectivity index (χ2n) is 4.25. The smallest absolute Gasteiger partial charge is 0.268 e. The first-order valence-electron chi connectivity index (χ1n) is 5.39. The fraction of sp³-hybridized carbons (Fsp3) is 0.364. The average molecular weight is 234 g/mol. The van der Waals surface area contributed by atoms with Crippen molar-refractivity contribution in [2.45, 2.75) is 19.9 Å². The third-order valence-electron chi connectivity index (χ3n) is 2.56. The second-order valence-corrected chi connectivity index (χ2v) is 4.25. The summed E-state index contributed by atoms with van der Waals surface area (Å²) in [4.78, 5) is 30.1. The topological polar surface area (TPSA) is 86.9 Å². The van der Waals surface area contributed by atoms with Crippen LogP contribution in [-0.4, -0.2) is 27.8 Å². The molecule has 0 radical (unpaired) electrons. The van der Waals surface area contributed by atoms with Crippen LogP contribution in [0.1, 0.15) is 19.5 Å². The molecule has 1 fully saturated rings. The number of amides is 2. The Morgan fingerprint density at radius 1 is 1.41 bits per heavy atom. The number of hydrogen-bond acceptors (Lipinski definition) is 3. The monoisotopic (exact) mass is 234 g/mol. The van der Waals surface area contributed by atoms with Gasteiger partial charge >= 0.3 is 0 Å². The van der Waals surface area contributed by atoms with Gasteiger partial charge in [-0.15, -0.1) is 0 Å². The first-order valence-corrected chi connectivity index (χ1v) is 5.39. The van der Waals surface area contributed by atoms with E-state index < -0.39 is 6.04 Å². The van der Waals surface area contributed by atoms with Crippen LogP contribution in [0.2, 0.25) is 0 Å². The molecule has 3 N–H and O–H groups in total. The molecule has 0 unspecified atom stereocenters. The first-order chi connectivity index (χ1) is 8.08. The van der Waals surface area contributed by atoms with Gasteiger partial charge in [0.2, 0.25) is 5.91 Å². The number of H-pyrrole nitrogens is 1. The second kappa shape index (κ2) is 4.40. The molecule has 1 aromatic heterocycles. The van der Waals surface area contributed by atoms with E-state index >= 15 is 0 Å². The van der Waals surface area contributed by atoms with Crippen molar-refractivity contribution in [1.82, 2.24) is 20.6 Å². The Balaban J connectivity index is 2.18. The van der Waals surface area contributed by atoms with Gasteiger partial charge in [0, 0.05) is 0 Å². The molecule has 0 aliphatic carbocycles. The maximum Gasteiger partial charge on any atom is 0.268 e. The Hall–Kier alpha value is -2.11. The standard InChI is InChI=1S/C11H14N4O2/c1-6(2)9-11(17)14-8(10(16)15-9)3-7-4-12-5-13-7/h3-6,9H,1-2H3,(H,12,13)(H,14,17)(H,15,16)/b8-3-/t9-/m0/s1. The summed E-state index contributed by atoms with van der Waals surface area (Å²) in [5.74, 6) is -0.407. The Labute approximate surface area is 98.5 Å². The lowest BCUT2D eigenvalue weighted by molar-refractivity contribution is -0.132. The van der Waals surface area contributed by atoms with Gasteiger partial charge in [0.05, 0.1) is 18.2 Å². The molecule has 6 heteroatoms. The van der Waals surface area contributed by atoms with Gasteiger partial charge in [0.15, 0.2) is 0 Å². The van der Waals surface area contributed by atoms with Gasteiger partial charge in [0.1, 0.15) is 11.7 Å². The van der Waals surface area contributed by atoms with Crippen molar-refractivity contribution in [3.8, 4) is 0 Å². The lowest BCUT2D eigenvalue weighted by Crippen LogP contribution is -2.56. The van der Waals surface area contributed by atoms with Gasteiger partial charge in [-0.2, -0.15) is 0 Å². The summed E-state index contributed by atoms with van der Waals surface area (Å²) in [6, 6.07) is -0.471. The SMILES string of the molecule is CC(C)[C@@H]1NC(=O)/C(=C/c2cnc[nH]2)NC1=O. The molecule has 0 spiro atoms. The van der Waals surface area contributed by atoms with Gasteiger partial charge in [0.25, 0.3) is 5.91 Å². The predicted molar refractivity (Wildman–Crippen MR) is 61.5 cm³/mol. The van der Waals surface area contributed by atoms with Crippen molar-refractivity contribution in [2.75, 3.05) is 0 Å². The van der Waals surface area contributed by atoms with Crippen molar-refractivity contribution in [2.24, 2.45) is 5.92 Å². The third kappa shape index (κ3) is 2.35. The van der Waals surface area contributed by atoms with Gasteiger partial charge in [-0.1, -0.05) is 13.8 Å². The molecule has 1 saturated heterocycles. The molecule has 0 aromatic carbocycles. The number of aromatic amines is 1. The number of nitrogens with zero attached hydrogens (tertiary/aromatic N) is 1. The van der Waals surface area contributed by atoms with E-state index in [1.54, 1.807) is 12.3 Å². The van der Waals surface area contributed by atoms with Crippen molar-refractivity contribution >= 4 is 17.9 Å². The number of hydrogen-bond donors (Lipinski definition) is 3. The number of piperazine rings is 1. The lowest BCUT2D eigenvalue weighted by atomic mass is 10.0. The van der Waals surface area contributed by atoms with Crippen LogP contribution in [0.15, 0.2) is 18.2 Å². The predicted octanol–water partition coefficient (Wildman–Crippen LogP) is 0.0212. The Bertz CT molecular complexity index is 462. The van der Waals surface area contributed by atoms with Crippen LogP contribution in [0.3, 0.4) is 0 Å². The zero-order valence-electron chi connectivity index (χ0n) is 9.65. The van der Waals surface area contributed by atoms with Crippen LogP contribution in [0, 0.1) is 5.92 Å². The van der Waals surface area contributed by atoms with E-state index in [-0.39, 0.29) is 23.4 Å². The van der Waals surface area contributed by atoms with E-state index in [0.717, 1.165) is 0 Å². The van der Waals surface area contributed by atoms with E-state index in [4.69, 9.17) is 0 Å². The molecule has 17 heavy (non-hydrogen) atoms. The van der Waals surface area contributed by atoms with Crippen LogP contribution < -0.4 is 10.6 Å². The Morgan fingerprint density at radius 3 is 2.76 bits per heavy atom. The van der Waals surface area contributed by atoms with E-state index in [2.05, 4.69) is 20.6 Å². The van der Waals surface area contributed by atoms with Crippen molar-refractivity contribution in [3.05, 3.63) is 23.9 Å². The summed E-state index contributed by atoms with van der Waals surface area (Å²) in [6.45, 7) is 3.77. The molecule has 0 saturated carbocycles. The minimum atomic E-state index is -0.471. The minimum absolute atomic E-state index is 0.0626. The van der Waals surface area contributed by atoms with Crippen LogP contribution in [0.5, 0.6) is 0 Å². The molecular formula is C11H14N4O2. The van der Waals surface area contributed by atoms with Crippen LogP contribution in [0.25, 0.3) is 6.08 Å². The number of carbonyl (C=O) groups excluding carboxylic acids is 2. The van der Waals surface area contributed by atoms with E-state index in [1.165, 1.54) is 6.33 Å². The highest BCUT2D eigenvalue weighted by Crippen LogP contribution is 2.10. The summed E-state index contributed by atoms with van der Waals surface area (Å²) in [5, 5.41) is 5.27. The summed E-state index contributed by atoms with van der Waals surface area (Å²) >= 11 is 0. The van der Waals surface area contributed by atoms with Gasteiger partial charge < -0.3 is 15.6 Å². The highest BCUT2D eigenvalue weighted by Gasteiger charge is 2.31. The average Bonchev–Trinajstić information content (AvgIpc) is 2.75. The van der Waals surface area contributed by atoms with Crippen LogP contribution in [-0.2, 0) is 9.59 Å². The first kappa shape index (κ1) is 11.4. The molecule has 2 rings (SSSR count). The molecule has 90 valence electrons. The summed E-state index contributed by atoms with van der Waals surface area (Å²) in [5.41, 5.74) is 0.898. The van der Waals surface area contributed by atoms with E-state index in [1.807, 2.05) is 13.8 Å². The fourth-order valence-electron chi connectivity index (χ4n) is 1.62. The van der Waals surface area contributed by atoms with Gasteiger partial charge in [-0.25, -0.2) is 4.98 Å². The van der Waals surface area contributed by atoms with Crippen molar-refractivity contribution < 1.29 is 9.59 Å². The summed E-state index contributed by atoms with van der Waals surface area (Å²) < 4.78 is 0. The molecule has 0 bridgehead atoms. The number of carbonyl (C=O) groups is 2. The maximum atomic E-state index is 11.8. The number of imidazole rings is 1. The Morgan fingerprint density at radius 2 is 2.18 bits per heavy atom. The molecule has 1 aliphatic heterocycles. The number of aromatic nitrogens is 2. The third-order valence-corrected chi connectivity index (χ3v) is 2.56. The molecule has 2 heterocycles. The molecule has 1 atom stereocenters. The normalized spacial score (nSPS) is 22.8. The summed E-state index contributed by atoms with van der Waals surface area (Å²) in [7, 11) is 0. The van der Waals surface area contributed by atoms with E-state index in [9.17, 15) is 9.59 Å². The molecule has 1 aromatic rings. The van der Waals surface area contributed by atoms with Gasteiger partial charge in [-0.05, 0) is 12.0 Å². The van der Waals surface area contributed by atoms with Crippen LogP contribution >= 0.6 is 0 Å². The fourth-order valence-corrected chi connectivity index (χ4v) is 1.62. The minimum Gasteiger partial charge on any atom is -0.345 e. The van der Waals surface area contributed by atoms with Crippen molar-refractivity contribution in [1.29, 1.82) is 0 Å². The van der Waals surface area contributed by atoms with E-state index in [0.29, 0.717) is 5.69 Å². The number of rotatable bonds is 2. The van der Waals surface area contributed by atoms with Gasteiger partial charge in [-0.3, -0.25) is 9.59 Å². The van der Waals surface area contributed by atoms with Crippen LogP contribution in [0.4, 0.5) is 0 Å². The summed E-state index contributed by atoms with van der Waals surface area (Å²) in [6.07, 6.45) is 4.63. The molecular weight excluding hydrogens is 220 g/mol. The zero-order valence-corrected chi connectivity index (χ0v) is 9.65. The Kier molecular flexibility index (Phi) is 2.95.